The fourth-order valence-electron chi connectivity index (χ4n) is 4.69. The molecule has 5 rings (SSSR count). The zero-order valence-corrected chi connectivity index (χ0v) is 20.6. The summed E-state index contributed by atoms with van der Waals surface area (Å²) in [7, 11) is 1.51. The van der Waals surface area contributed by atoms with Gasteiger partial charge in [0, 0.05) is 23.9 Å². The van der Waals surface area contributed by atoms with Crippen molar-refractivity contribution in [2.24, 2.45) is 0 Å². The van der Waals surface area contributed by atoms with Crippen LogP contribution in [0.15, 0.2) is 83.0 Å². The number of H-pyrrole nitrogens is 1. The van der Waals surface area contributed by atoms with Crippen LogP contribution in [0.4, 0.5) is 0 Å². The van der Waals surface area contributed by atoms with Crippen molar-refractivity contribution in [2.75, 3.05) is 20.3 Å². The number of carbonyl (C=O) groups excluding carboxylic acids is 2. The number of Topliss-reactive ketones (excluding diaryl/α,β-unsaturated/α-hetero) is 1. The van der Waals surface area contributed by atoms with E-state index in [2.05, 4.69) is 4.98 Å². The summed E-state index contributed by atoms with van der Waals surface area (Å²) in [6.07, 6.45) is 6.11. The van der Waals surface area contributed by atoms with Crippen LogP contribution < -0.4 is 19.1 Å². The number of nitrogens with one attached hydrogen (secondary N) is 1. The number of aryl methyl sites for hydroxylation is 1. The number of imidazole rings is 1. The molecule has 0 aliphatic carbocycles. The third-order valence-electron chi connectivity index (χ3n) is 6.41. The van der Waals surface area contributed by atoms with Crippen molar-refractivity contribution in [1.29, 1.82) is 0 Å². The topological polar surface area (TPSA) is 112 Å². The second-order valence-electron chi connectivity index (χ2n) is 8.67. The molecule has 0 bridgehead atoms. The molecule has 1 N–H and O–H groups in total. The first-order valence-corrected chi connectivity index (χ1v) is 12.1. The molecule has 4 aromatic rings. The molecule has 190 valence electrons. The highest BCUT2D eigenvalue weighted by Gasteiger charge is 2.40. The lowest BCUT2D eigenvalue weighted by Crippen LogP contribution is -2.37. The van der Waals surface area contributed by atoms with Crippen LogP contribution in [0.2, 0.25) is 0 Å². The van der Waals surface area contributed by atoms with Crippen LogP contribution in [0, 0.1) is 0 Å². The first kappa shape index (κ1) is 24.2. The van der Waals surface area contributed by atoms with E-state index >= 15 is 0 Å². The van der Waals surface area contributed by atoms with E-state index in [9.17, 15) is 14.7 Å². The normalized spacial score (nSPS) is 15.6. The maximum Gasteiger partial charge on any atom is 0.241 e. The third-order valence-corrected chi connectivity index (χ3v) is 6.41. The number of furan rings is 1. The average Bonchev–Trinajstić information content (AvgIpc) is 3.64. The number of ketones is 1. The molecule has 0 spiro atoms. The van der Waals surface area contributed by atoms with E-state index in [0.29, 0.717) is 54.1 Å². The summed E-state index contributed by atoms with van der Waals surface area (Å²) in [6, 6.07) is 13.1. The Balaban J connectivity index is 1.51. The number of aromatic amines is 1. The molecule has 0 fully saturated rings. The number of rotatable bonds is 10. The maximum atomic E-state index is 13.7. The Hall–Kier alpha value is -4.53. The van der Waals surface area contributed by atoms with Crippen LogP contribution in [-0.2, 0) is 11.3 Å². The van der Waals surface area contributed by atoms with E-state index in [4.69, 9.17) is 13.9 Å². The first-order chi connectivity index (χ1) is 18.0. The summed E-state index contributed by atoms with van der Waals surface area (Å²) >= 11 is 0. The molecule has 9 nitrogen and oxygen atoms in total. The van der Waals surface area contributed by atoms with Crippen molar-refractivity contribution < 1.29 is 33.2 Å². The van der Waals surface area contributed by atoms with Gasteiger partial charge in [-0.2, -0.15) is 0 Å². The van der Waals surface area contributed by atoms with Gasteiger partial charge in [-0.25, -0.2) is 4.57 Å². The Bertz CT molecular complexity index is 1450. The molecule has 1 aliphatic rings. The minimum atomic E-state index is -0.838. The van der Waals surface area contributed by atoms with Gasteiger partial charge in [0.05, 0.1) is 26.3 Å². The number of aromatic nitrogens is 2. The van der Waals surface area contributed by atoms with Gasteiger partial charge in [0.2, 0.25) is 18.0 Å². The summed E-state index contributed by atoms with van der Waals surface area (Å²) in [5.74, 6) is -1.01. The quantitative estimate of drug-likeness (QED) is 0.264. The van der Waals surface area contributed by atoms with Gasteiger partial charge >= 0.3 is 0 Å². The number of para-hydroxylation sites is 1. The molecule has 3 heterocycles. The number of fused-ring (bicyclic) bond motifs is 1. The summed E-state index contributed by atoms with van der Waals surface area (Å²) in [4.78, 5) is 31.4. The second-order valence-corrected chi connectivity index (χ2v) is 8.67. The predicted octanol–water partition coefficient (Wildman–Crippen LogP) is 2.93. The van der Waals surface area contributed by atoms with Crippen LogP contribution in [0.3, 0.4) is 0 Å². The van der Waals surface area contributed by atoms with Gasteiger partial charge < -0.3 is 23.9 Å². The lowest BCUT2D eigenvalue weighted by molar-refractivity contribution is -0.695. The summed E-state index contributed by atoms with van der Waals surface area (Å²) < 4.78 is 18.7. The van der Waals surface area contributed by atoms with Crippen LogP contribution in [0.5, 0.6) is 11.5 Å². The van der Waals surface area contributed by atoms with Crippen LogP contribution >= 0.6 is 0 Å². The fraction of sp³-hybridized carbons (Fsp3) is 0.250. The lowest BCUT2D eigenvalue weighted by Gasteiger charge is -2.27. The van der Waals surface area contributed by atoms with Gasteiger partial charge in [0.15, 0.2) is 17.1 Å². The van der Waals surface area contributed by atoms with Crippen molar-refractivity contribution in [3.63, 3.8) is 0 Å². The first-order valence-electron chi connectivity index (χ1n) is 12.1. The van der Waals surface area contributed by atoms with Gasteiger partial charge in [0.1, 0.15) is 18.1 Å². The molecule has 1 unspecified atom stereocenters. The molecule has 1 amide bonds. The lowest BCUT2D eigenvalue weighted by atomic mass is 9.95. The molecular formula is C28H27N3O6. The van der Waals surface area contributed by atoms with Gasteiger partial charge in [0.25, 0.3) is 0 Å². The van der Waals surface area contributed by atoms with E-state index in [1.165, 1.54) is 12.0 Å². The number of benzene rings is 2. The Morgan fingerprint density at radius 3 is 2.73 bits per heavy atom. The van der Waals surface area contributed by atoms with E-state index in [1.54, 1.807) is 54.7 Å². The molecule has 0 saturated carbocycles. The number of ether oxygens (including phenoxy) is 2. The summed E-state index contributed by atoms with van der Waals surface area (Å²) in [5, 5.41) is 13.9. The molecule has 0 radical (unpaired) electrons. The zero-order chi connectivity index (χ0) is 25.9. The zero-order valence-electron chi connectivity index (χ0n) is 20.6. The molecule has 1 atom stereocenters. The number of methoxy groups -OCH3 is 1. The standard InChI is InChI=1S/C28H27N3O6/c1-3-36-20-10-8-18(9-11-20)24-23(25(32)22-16-19-6-4-7-21(35-2)27(19)37-22)26(33)28(34)31(24)14-5-13-30-15-12-29-17-30/h4,6-12,15-17,24H,3,5,13-14H2,1-2H3,(H,32,33). The molecule has 1 aliphatic heterocycles. The van der Waals surface area contributed by atoms with Crippen molar-refractivity contribution >= 4 is 22.7 Å². The van der Waals surface area contributed by atoms with Gasteiger partial charge in [-0.1, -0.05) is 24.3 Å². The molecule has 2 aromatic carbocycles. The van der Waals surface area contributed by atoms with Crippen molar-refractivity contribution in [3.05, 3.63) is 89.9 Å². The number of amides is 1. The third kappa shape index (κ3) is 4.55. The SMILES string of the molecule is CCOc1ccc(C2C(C(=O)c3cc4cccc(OC)c4o3)=C([O-])C(=O)N2CCC[n+]2cc[nH]c2)cc1. The maximum absolute atomic E-state index is 13.7. The fourth-order valence-corrected chi connectivity index (χ4v) is 4.69. The summed E-state index contributed by atoms with van der Waals surface area (Å²) in [6.45, 7) is 3.34. The molecular weight excluding hydrogens is 474 g/mol. The predicted molar refractivity (Wildman–Crippen MR) is 132 cm³/mol. The number of carbonyl (C=O) groups is 2. The van der Waals surface area contributed by atoms with Crippen LogP contribution in [-0.4, -0.2) is 41.8 Å². The number of hydrogen-bond acceptors (Lipinski definition) is 6. The molecule has 9 heteroatoms. The average molecular weight is 502 g/mol. The van der Waals surface area contributed by atoms with E-state index in [-0.39, 0.29) is 11.3 Å². The highest BCUT2D eigenvalue weighted by molar-refractivity contribution is 6.16. The summed E-state index contributed by atoms with van der Waals surface area (Å²) in [5.41, 5.74) is 0.930. The van der Waals surface area contributed by atoms with Gasteiger partial charge in [-0.15, -0.1) is 0 Å². The van der Waals surface area contributed by atoms with Crippen LogP contribution in [0.25, 0.3) is 11.0 Å². The van der Waals surface area contributed by atoms with Crippen LogP contribution in [0.1, 0.15) is 35.5 Å². The molecule has 37 heavy (non-hydrogen) atoms. The second kappa shape index (κ2) is 10.2. The number of nitrogens with zero attached hydrogens (tertiary/aromatic N) is 2. The van der Waals surface area contributed by atoms with Crippen molar-refractivity contribution in [2.45, 2.75) is 25.9 Å². The van der Waals surface area contributed by atoms with E-state index < -0.39 is 23.5 Å². The van der Waals surface area contributed by atoms with Crippen molar-refractivity contribution in [1.82, 2.24) is 9.88 Å². The Labute approximate surface area is 213 Å². The molecule has 2 aromatic heterocycles. The number of hydrogen-bond donors (Lipinski definition) is 1. The highest BCUT2D eigenvalue weighted by Crippen LogP contribution is 2.40. The van der Waals surface area contributed by atoms with Crippen molar-refractivity contribution in [3.8, 4) is 11.5 Å². The Morgan fingerprint density at radius 2 is 2.03 bits per heavy atom. The van der Waals surface area contributed by atoms with Gasteiger partial charge in [-0.05, 0) is 42.5 Å². The minimum Gasteiger partial charge on any atom is -0.868 e. The smallest absolute Gasteiger partial charge is 0.241 e. The largest absolute Gasteiger partial charge is 0.868 e. The van der Waals surface area contributed by atoms with E-state index in [0.717, 1.165) is 0 Å². The molecule has 0 saturated heterocycles. The Kier molecular flexibility index (Phi) is 6.68. The minimum absolute atomic E-state index is 0.0173. The monoisotopic (exact) mass is 501 g/mol. The Morgan fingerprint density at radius 1 is 1.22 bits per heavy atom. The van der Waals surface area contributed by atoms with E-state index in [1.807, 2.05) is 24.0 Å². The van der Waals surface area contributed by atoms with Gasteiger partial charge in [-0.3, -0.25) is 14.6 Å². The highest BCUT2D eigenvalue weighted by atomic mass is 16.5.